The molecule has 0 atom stereocenters. The van der Waals surface area contributed by atoms with Gasteiger partial charge in [-0.15, -0.1) is 0 Å². The Labute approximate surface area is 107 Å². The molecule has 0 saturated carbocycles. The first-order chi connectivity index (χ1) is 9.06. The molecule has 0 bridgehead atoms. The molecular formula is C12H10F2N4O. The molecule has 2 rings (SSSR count). The Morgan fingerprint density at radius 3 is 2.68 bits per heavy atom. The lowest BCUT2D eigenvalue weighted by Crippen LogP contribution is -2.10. The number of aryl methyl sites for hydroxylation is 1. The Morgan fingerprint density at radius 2 is 2.05 bits per heavy atom. The molecule has 5 nitrogen and oxygen atoms in total. The zero-order chi connectivity index (χ0) is 13.8. The number of aromatic nitrogens is 2. The maximum Gasteiger partial charge on any atom is 0.252 e. The van der Waals surface area contributed by atoms with Crippen LogP contribution in [0.4, 0.5) is 14.7 Å². The summed E-state index contributed by atoms with van der Waals surface area (Å²) in [7, 11) is 0. The quantitative estimate of drug-likeness (QED) is 0.656. The predicted molar refractivity (Wildman–Crippen MR) is 67.2 cm³/mol. The molecule has 1 heterocycles. The summed E-state index contributed by atoms with van der Waals surface area (Å²) < 4.78 is 26.5. The highest BCUT2D eigenvalue weighted by Gasteiger charge is 2.05. The number of rotatable bonds is 3. The molecule has 0 unspecified atom stereocenters. The minimum absolute atomic E-state index is 0.0954. The van der Waals surface area contributed by atoms with Crippen molar-refractivity contribution in [3.63, 3.8) is 0 Å². The number of nitrogens with zero attached hydrogens (tertiary/aromatic N) is 2. The Kier molecular flexibility index (Phi) is 3.65. The number of aromatic amines is 1. The second-order valence-electron chi connectivity index (χ2n) is 3.74. The highest BCUT2D eigenvalue weighted by Crippen LogP contribution is 2.09. The Hall–Kier alpha value is -2.57. The third-order valence-electron chi connectivity index (χ3n) is 2.23. The van der Waals surface area contributed by atoms with E-state index >= 15 is 0 Å². The average molecular weight is 264 g/mol. The summed E-state index contributed by atoms with van der Waals surface area (Å²) in [6, 6.07) is 4.81. The fraction of sp³-hybridized carbons (Fsp3) is 0.0833. The summed E-state index contributed by atoms with van der Waals surface area (Å²) in [5.41, 5.74) is 2.28. The van der Waals surface area contributed by atoms with Crippen molar-refractivity contribution in [2.24, 2.45) is 5.10 Å². The van der Waals surface area contributed by atoms with Gasteiger partial charge in [0.05, 0.1) is 11.8 Å². The van der Waals surface area contributed by atoms with Crippen LogP contribution in [0.3, 0.4) is 0 Å². The van der Waals surface area contributed by atoms with Crippen molar-refractivity contribution < 1.29 is 8.78 Å². The number of benzene rings is 1. The fourth-order valence-corrected chi connectivity index (χ4v) is 1.42. The summed E-state index contributed by atoms with van der Waals surface area (Å²) in [5.74, 6) is -1.36. The van der Waals surface area contributed by atoms with Gasteiger partial charge in [0, 0.05) is 11.8 Å². The van der Waals surface area contributed by atoms with Gasteiger partial charge in [-0.05, 0) is 19.1 Å². The molecule has 98 valence electrons. The number of hydrogen-bond donors (Lipinski definition) is 2. The summed E-state index contributed by atoms with van der Waals surface area (Å²) in [4.78, 5) is 17.5. The highest BCUT2D eigenvalue weighted by molar-refractivity contribution is 5.80. The molecule has 7 heteroatoms. The van der Waals surface area contributed by atoms with E-state index in [1.54, 1.807) is 6.92 Å². The van der Waals surface area contributed by atoms with Gasteiger partial charge >= 0.3 is 0 Å². The van der Waals surface area contributed by atoms with Crippen LogP contribution in [0.1, 0.15) is 11.3 Å². The molecule has 0 spiro atoms. The SMILES string of the molecule is Cc1cc(=O)[nH]c(N/N=C/c2c(F)cccc2F)n1. The van der Waals surface area contributed by atoms with Gasteiger partial charge in [0.25, 0.3) is 5.56 Å². The van der Waals surface area contributed by atoms with Crippen LogP contribution in [0.5, 0.6) is 0 Å². The molecule has 19 heavy (non-hydrogen) atoms. The zero-order valence-corrected chi connectivity index (χ0v) is 9.95. The third-order valence-corrected chi connectivity index (χ3v) is 2.23. The highest BCUT2D eigenvalue weighted by atomic mass is 19.1. The molecule has 0 radical (unpaired) electrons. The molecule has 1 aromatic heterocycles. The molecule has 0 fully saturated rings. The Morgan fingerprint density at radius 1 is 1.37 bits per heavy atom. The van der Waals surface area contributed by atoms with Gasteiger partial charge in [-0.1, -0.05) is 6.07 Å². The topological polar surface area (TPSA) is 70.1 Å². The van der Waals surface area contributed by atoms with Crippen LogP contribution in [0.25, 0.3) is 0 Å². The minimum atomic E-state index is -0.726. The Bertz CT molecular complexity index is 661. The van der Waals surface area contributed by atoms with Gasteiger partial charge < -0.3 is 0 Å². The smallest absolute Gasteiger partial charge is 0.252 e. The summed E-state index contributed by atoms with van der Waals surface area (Å²) in [5, 5.41) is 3.63. The van der Waals surface area contributed by atoms with Crippen LogP contribution < -0.4 is 11.0 Å². The lowest BCUT2D eigenvalue weighted by atomic mass is 10.2. The van der Waals surface area contributed by atoms with Gasteiger partial charge in [-0.2, -0.15) is 5.10 Å². The molecule has 0 aliphatic heterocycles. The number of anilines is 1. The molecule has 0 aliphatic carbocycles. The number of hydrogen-bond acceptors (Lipinski definition) is 4. The predicted octanol–water partition coefficient (Wildman–Crippen LogP) is 1.80. The fourth-order valence-electron chi connectivity index (χ4n) is 1.42. The molecule has 2 N–H and O–H groups in total. The van der Waals surface area contributed by atoms with E-state index in [0.29, 0.717) is 5.69 Å². The first kappa shape index (κ1) is 12.9. The van der Waals surface area contributed by atoms with Crippen molar-refractivity contribution in [1.29, 1.82) is 0 Å². The van der Waals surface area contributed by atoms with E-state index in [-0.39, 0.29) is 17.1 Å². The van der Waals surface area contributed by atoms with Crippen molar-refractivity contribution in [2.75, 3.05) is 5.43 Å². The van der Waals surface area contributed by atoms with Crippen molar-refractivity contribution in [1.82, 2.24) is 9.97 Å². The summed E-state index contributed by atoms with van der Waals surface area (Å²) in [6.07, 6.45) is 0.979. The summed E-state index contributed by atoms with van der Waals surface area (Å²) in [6.45, 7) is 1.64. The van der Waals surface area contributed by atoms with Crippen molar-refractivity contribution >= 4 is 12.2 Å². The number of halogens is 2. The van der Waals surface area contributed by atoms with E-state index in [1.807, 2.05) is 0 Å². The largest absolute Gasteiger partial charge is 0.291 e. The third kappa shape index (κ3) is 3.21. The van der Waals surface area contributed by atoms with Gasteiger partial charge in [-0.25, -0.2) is 19.2 Å². The van der Waals surface area contributed by atoms with Gasteiger partial charge in [-0.3, -0.25) is 9.78 Å². The van der Waals surface area contributed by atoms with Crippen molar-refractivity contribution in [3.8, 4) is 0 Å². The molecule has 0 saturated heterocycles. The lowest BCUT2D eigenvalue weighted by Gasteiger charge is -2.00. The van der Waals surface area contributed by atoms with E-state index in [0.717, 1.165) is 18.3 Å². The Balaban J connectivity index is 2.18. The van der Waals surface area contributed by atoms with Crippen LogP contribution in [0.2, 0.25) is 0 Å². The maximum atomic E-state index is 13.3. The van der Waals surface area contributed by atoms with Crippen molar-refractivity contribution in [3.05, 3.63) is 57.5 Å². The molecule has 1 aromatic carbocycles. The van der Waals surface area contributed by atoms with Crippen LogP contribution in [-0.2, 0) is 0 Å². The first-order valence-electron chi connectivity index (χ1n) is 5.37. The number of H-pyrrole nitrogens is 1. The second kappa shape index (κ2) is 5.38. The van der Waals surface area contributed by atoms with E-state index < -0.39 is 11.6 Å². The van der Waals surface area contributed by atoms with E-state index in [9.17, 15) is 13.6 Å². The van der Waals surface area contributed by atoms with E-state index in [2.05, 4.69) is 20.5 Å². The van der Waals surface area contributed by atoms with Crippen LogP contribution in [0, 0.1) is 18.6 Å². The van der Waals surface area contributed by atoms with Gasteiger partial charge in [0.1, 0.15) is 11.6 Å². The van der Waals surface area contributed by atoms with E-state index in [4.69, 9.17) is 0 Å². The van der Waals surface area contributed by atoms with Crippen LogP contribution in [-0.4, -0.2) is 16.2 Å². The summed E-state index contributed by atoms with van der Waals surface area (Å²) >= 11 is 0. The van der Waals surface area contributed by atoms with E-state index in [1.165, 1.54) is 12.1 Å². The number of nitrogens with one attached hydrogen (secondary N) is 2. The number of hydrazone groups is 1. The zero-order valence-electron chi connectivity index (χ0n) is 9.95. The monoisotopic (exact) mass is 264 g/mol. The standard InChI is InChI=1S/C12H10F2N4O/c1-7-5-11(19)17-12(16-7)18-15-6-8-9(13)3-2-4-10(8)14/h2-6H,1H3,(H2,16,17,18,19)/b15-6+. The van der Waals surface area contributed by atoms with Crippen molar-refractivity contribution in [2.45, 2.75) is 6.92 Å². The van der Waals surface area contributed by atoms with Crippen LogP contribution >= 0.6 is 0 Å². The molecule has 0 amide bonds. The minimum Gasteiger partial charge on any atom is -0.291 e. The maximum absolute atomic E-state index is 13.3. The van der Waals surface area contributed by atoms with Crippen LogP contribution in [0.15, 0.2) is 34.2 Å². The first-order valence-corrected chi connectivity index (χ1v) is 5.37. The average Bonchev–Trinajstić information content (AvgIpc) is 2.32. The molecular weight excluding hydrogens is 254 g/mol. The van der Waals surface area contributed by atoms with Gasteiger partial charge in [0.2, 0.25) is 5.95 Å². The second-order valence-corrected chi connectivity index (χ2v) is 3.74. The molecule has 0 aliphatic rings. The van der Waals surface area contributed by atoms with Gasteiger partial charge in [0.15, 0.2) is 0 Å². The molecule has 2 aromatic rings. The normalized spacial score (nSPS) is 10.9. The lowest BCUT2D eigenvalue weighted by molar-refractivity contribution is 0.580.